The smallest absolute Gasteiger partial charge is 0.270 e. The fourth-order valence-corrected chi connectivity index (χ4v) is 2.45. The number of non-ortho nitro benzene ring substituents is 1. The van der Waals surface area contributed by atoms with Gasteiger partial charge in [0.1, 0.15) is 5.82 Å². The molecule has 3 rings (SSSR count). The van der Waals surface area contributed by atoms with E-state index >= 15 is 0 Å². The summed E-state index contributed by atoms with van der Waals surface area (Å²) in [6, 6.07) is 12.2. The summed E-state index contributed by atoms with van der Waals surface area (Å²) in [4.78, 5) is 15.1. The second-order valence-corrected chi connectivity index (χ2v) is 4.70. The number of imidazole rings is 1. The molecule has 1 aromatic heterocycles. The van der Waals surface area contributed by atoms with Gasteiger partial charge in [-0.2, -0.15) is 0 Å². The average molecular weight is 282 g/mol. The average Bonchev–Trinajstić information content (AvgIpc) is 2.85. The Labute approximate surface area is 121 Å². The van der Waals surface area contributed by atoms with E-state index in [0.29, 0.717) is 23.6 Å². The van der Waals surface area contributed by atoms with Gasteiger partial charge >= 0.3 is 0 Å². The molecule has 0 saturated carbocycles. The summed E-state index contributed by atoms with van der Waals surface area (Å²) >= 11 is 0. The van der Waals surface area contributed by atoms with Crippen molar-refractivity contribution in [3.8, 4) is 11.4 Å². The van der Waals surface area contributed by atoms with Gasteiger partial charge in [0.25, 0.3) is 5.69 Å². The van der Waals surface area contributed by atoms with Crippen molar-refractivity contribution in [1.29, 1.82) is 0 Å². The zero-order chi connectivity index (χ0) is 15.0. The van der Waals surface area contributed by atoms with Gasteiger partial charge in [0.2, 0.25) is 0 Å². The van der Waals surface area contributed by atoms with Crippen LogP contribution in [0.3, 0.4) is 0 Å². The summed E-state index contributed by atoms with van der Waals surface area (Å²) in [5, 5.41) is 11.0. The molecule has 0 atom stereocenters. The standard InChI is InChI=1S/C15H14N4O2/c1-2-18-14-6-4-3-5-13(14)17-15(18)11-9-10(19(20)21)7-8-12(11)16/h3-9H,2,16H2,1H3. The van der Waals surface area contributed by atoms with E-state index in [9.17, 15) is 10.1 Å². The Balaban J connectivity index is 2.29. The molecule has 0 bridgehead atoms. The lowest BCUT2D eigenvalue weighted by Crippen LogP contribution is -2.01. The molecule has 0 spiro atoms. The number of nitro benzene ring substituents is 1. The first-order valence-corrected chi connectivity index (χ1v) is 6.61. The van der Waals surface area contributed by atoms with Crippen molar-refractivity contribution < 1.29 is 4.92 Å². The Bertz CT molecular complexity index is 839. The molecule has 21 heavy (non-hydrogen) atoms. The molecule has 2 N–H and O–H groups in total. The van der Waals surface area contributed by atoms with E-state index in [1.807, 2.05) is 35.8 Å². The van der Waals surface area contributed by atoms with Crippen LogP contribution >= 0.6 is 0 Å². The summed E-state index contributed by atoms with van der Waals surface area (Å²) in [5.41, 5.74) is 8.90. The van der Waals surface area contributed by atoms with E-state index in [-0.39, 0.29) is 5.69 Å². The number of nitrogens with zero attached hydrogens (tertiary/aromatic N) is 3. The van der Waals surface area contributed by atoms with Crippen molar-refractivity contribution in [2.75, 3.05) is 5.73 Å². The van der Waals surface area contributed by atoms with Crippen LogP contribution in [0.4, 0.5) is 11.4 Å². The van der Waals surface area contributed by atoms with E-state index in [1.54, 1.807) is 6.07 Å². The van der Waals surface area contributed by atoms with Crippen molar-refractivity contribution >= 4 is 22.4 Å². The first-order valence-electron chi connectivity index (χ1n) is 6.61. The van der Waals surface area contributed by atoms with Gasteiger partial charge in [0, 0.05) is 29.9 Å². The summed E-state index contributed by atoms with van der Waals surface area (Å²) in [5.74, 6) is 0.653. The number of rotatable bonds is 3. The fraction of sp³-hybridized carbons (Fsp3) is 0.133. The molecule has 0 aliphatic carbocycles. The molecule has 106 valence electrons. The Kier molecular flexibility index (Phi) is 3.06. The van der Waals surface area contributed by atoms with E-state index in [2.05, 4.69) is 4.98 Å². The highest BCUT2D eigenvalue weighted by Gasteiger charge is 2.17. The fourth-order valence-electron chi connectivity index (χ4n) is 2.45. The molecule has 0 saturated heterocycles. The number of aromatic nitrogens is 2. The van der Waals surface area contributed by atoms with Crippen molar-refractivity contribution in [3.05, 3.63) is 52.6 Å². The number of hydrogen-bond donors (Lipinski definition) is 1. The zero-order valence-electron chi connectivity index (χ0n) is 11.5. The number of para-hydroxylation sites is 2. The second-order valence-electron chi connectivity index (χ2n) is 4.70. The first-order chi connectivity index (χ1) is 10.1. The highest BCUT2D eigenvalue weighted by molar-refractivity contribution is 5.84. The third-order valence-corrected chi connectivity index (χ3v) is 3.46. The minimum absolute atomic E-state index is 0.00825. The Morgan fingerprint density at radius 3 is 2.76 bits per heavy atom. The van der Waals surface area contributed by atoms with Crippen LogP contribution in [0.2, 0.25) is 0 Å². The van der Waals surface area contributed by atoms with Crippen LogP contribution in [0.15, 0.2) is 42.5 Å². The number of aryl methyl sites for hydroxylation is 1. The minimum atomic E-state index is -0.429. The normalized spacial score (nSPS) is 10.9. The van der Waals surface area contributed by atoms with Crippen LogP contribution in [0.25, 0.3) is 22.4 Å². The van der Waals surface area contributed by atoms with Crippen LogP contribution in [-0.2, 0) is 6.54 Å². The summed E-state index contributed by atoms with van der Waals surface area (Å²) < 4.78 is 2.00. The molecule has 2 aromatic carbocycles. The number of fused-ring (bicyclic) bond motifs is 1. The number of hydrogen-bond acceptors (Lipinski definition) is 4. The maximum absolute atomic E-state index is 11.0. The van der Waals surface area contributed by atoms with E-state index < -0.39 is 4.92 Å². The molecule has 6 nitrogen and oxygen atoms in total. The highest BCUT2D eigenvalue weighted by Crippen LogP contribution is 2.31. The topological polar surface area (TPSA) is 87.0 Å². The molecule has 3 aromatic rings. The van der Waals surface area contributed by atoms with Crippen LogP contribution in [0, 0.1) is 10.1 Å². The van der Waals surface area contributed by atoms with E-state index in [0.717, 1.165) is 11.0 Å². The predicted molar refractivity (Wildman–Crippen MR) is 81.9 cm³/mol. The van der Waals surface area contributed by atoms with Gasteiger partial charge in [-0.3, -0.25) is 10.1 Å². The molecule has 0 fully saturated rings. The van der Waals surface area contributed by atoms with Crippen LogP contribution < -0.4 is 5.73 Å². The Morgan fingerprint density at radius 1 is 1.29 bits per heavy atom. The Hall–Kier alpha value is -2.89. The largest absolute Gasteiger partial charge is 0.398 e. The van der Waals surface area contributed by atoms with Gasteiger partial charge in [-0.25, -0.2) is 4.98 Å². The van der Waals surface area contributed by atoms with Gasteiger partial charge in [-0.15, -0.1) is 0 Å². The van der Waals surface area contributed by atoms with Crippen LogP contribution in [0.5, 0.6) is 0 Å². The van der Waals surface area contributed by atoms with E-state index in [4.69, 9.17) is 5.73 Å². The third-order valence-electron chi connectivity index (χ3n) is 3.46. The molecule has 0 unspecified atom stereocenters. The van der Waals surface area contributed by atoms with Gasteiger partial charge in [-0.1, -0.05) is 12.1 Å². The molecule has 1 heterocycles. The van der Waals surface area contributed by atoms with Gasteiger partial charge < -0.3 is 10.3 Å². The molecule has 6 heteroatoms. The SMILES string of the molecule is CCn1c(-c2cc([N+](=O)[O-])ccc2N)nc2ccccc21. The first kappa shape index (κ1) is 13.1. The number of nitrogens with two attached hydrogens (primary N) is 1. The maximum atomic E-state index is 11.0. The zero-order valence-corrected chi connectivity index (χ0v) is 11.5. The molecular weight excluding hydrogens is 268 g/mol. The van der Waals surface area contributed by atoms with Crippen molar-refractivity contribution in [2.45, 2.75) is 13.5 Å². The van der Waals surface area contributed by atoms with Gasteiger partial charge in [0.05, 0.1) is 16.0 Å². The predicted octanol–water partition coefficient (Wildman–Crippen LogP) is 3.21. The lowest BCUT2D eigenvalue weighted by Gasteiger charge is -2.08. The molecule has 0 aliphatic rings. The van der Waals surface area contributed by atoms with Crippen molar-refractivity contribution in [3.63, 3.8) is 0 Å². The highest BCUT2D eigenvalue weighted by atomic mass is 16.6. The lowest BCUT2D eigenvalue weighted by molar-refractivity contribution is -0.384. The molecule has 0 radical (unpaired) electrons. The van der Waals surface area contributed by atoms with Crippen molar-refractivity contribution in [2.24, 2.45) is 0 Å². The Morgan fingerprint density at radius 2 is 2.05 bits per heavy atom. The third kappa shape index (κ3) is 2.10. The monoisotopic (exact) mass is 282 g/mol. The molecular formula is C15H14N4O2. The van der Waals surface area contributed by atoms with E-state index in [1.165, 1.54) is 12.1 Å². The lowest BCUT2D eigenvalue weighted by atomic mass is 10.1. The van der Waals surface area contributed by atoms with Gasteiger partial charge in [0.15, 0.2) is 0 Å². The number of nitro groups is 1. The summed E-state index contributed by atoms with van der Waals surface area (Å²) in [6.45, 7) is 2.71. The van der Waals surface area contributed by atoms with Crippen molar-refractivity contribution in [1.82, 2.24) is 9.55 Å². The maximum Gasteiger partial charge on any atom is 0.270 e. The summed E-state index contributed by atoms with van der Waals surface area (Å²) in [6.07, 6.45) is 0. The van der Waals surface area contributed by atoms with Crippen LogP contribution in [-0.4, -0.2) is 14.5 Å². The van der Waals surface area contributed by atoms with Gasteiger partial charge in [-0.05, 0) is 25.1 Å². The second kappa shape index (κ2) is 4.90. The number of benzene rings is 2. The number of anilines is 1. The quantitative estimate of drug-likeness (QED) is 0.454. The molecule has 0 aliphatic heterocycles. The number of nitrogen functional groups attached to an aromatic ring is 1. The molecule has 0 amide bonds. The summed E-state index contributed by atoms with van der Waals surface area (Å²) in [7, 11) is 0. The van der Waals surface area contributed by atoms with Crippen LogP contribution in [0.1, 0.15) is 6.92 Å². The minimum Gasteiger partial charge on any atom is -0.398 e.